The van der Waals surface area contributed by atoms with Crippen molar-refractivity contribution in [1.29, 1.82) is 5.26 Å². The molecular weight excluding hydrogens is 224 g/mol. The van der Waals surface area contributed by atoms with Gasteiger partial charge >= 0.3 is 0 Å². The van der Waals surface area contributed by atoms with Crippen molar-refractivity contribution in [2.45, 2.75) is 20.5 Å². The summed E-state index contributed by atoms with van der Waals surface area (Å²) in [4.78, 5) is 4.01. The molecule has 3 heteroatoms. The number of nitriles is 1. The summed E-state index contributed by atoms with van der Waals surface area (Å²) in [6.07, 6.45) is 1.61. The van der Waals surface area contributed by atoms with Gasteiger partial charge in [-0.05, 0) is 37.1 Å². The molecule has 2 aromatic rings. The summed E-state index contributed by atoms with van der Waals surface area (Å²) in [5.74, 6) is 0.850. The molecule has 1 aromatic heterocycles. The van der Waals surface area contributed by atoms with E-state index >= 15 is 0 Å². The van der Waals surface area contributed by atoms with Crippen molar-refractivity contribution in [2.24, 2.45) is 0 Å². The molecule has 0 amide bonds. The van der Waals surface area contributed by atoms with E-state index in [9.17, 15) is 0 Å². The van der Waals surface area contributed by atoms with Crippen molar-refractivity contribution in [3.8, 4) is 11.8 Å². The first-order valence-electron chi connectivity index (χ1n) is 5.75. The molecule has 0 bridgehead atoms. The van der Waals surface area contributed by atoms with Crippen LogP contribution in [-0.4, -0.2) is 4.98 Å². The molecule has 3 nitrogen and oxygen atoms in total. The molecule has 0 atom stereocenters. The van der Waals surface area contributed by atoms with E-state index in [1.165, 1.54) is 0 Å². The van der Waals surface area contributed by atoms with E-state index in [4.69, 9.17) is 10.00 Å². The average molecular weight is 238 g/mol. The van der Waals surface area contributed by atoms with Crippen molar-refractivity contribution < 1.29 is 4.74 Å². The number of rotatable bonds is 3. The quantitative estimate of drug-likeness (QED) is 0.825. The van der Waals surface area contributed by atoms with Crippen LogP contribution in [0, 0.1) is 25.2 Å². The third-order valence-corrected chi connectivity index (χ3v) is 2.72. The van der Waals surface area contributed by atoms with Crippen LogP contribution in [0.4, 0.5) is 0 Å². The molecular formula is C15H14N2O. The Kier molecular flexibility index (Phi) is 3.59. The lowest BCUT2D eigenvalue weighted by molar-refractivity contribution is 0.303. The summed E-state index contributed by atoms with van der Waals surface area (Å²) < 4.78 is 5.76. The summed E-state index contributed by atoms with van der Waals surface area (Å²) in [5, 5.41) is 8.95. The topological polar surface area (TPSA) is 45.9 Å². The smallest absolute Gasteiger partial charge is 0.147 e. The van der Waals surface area contributed by atoms with Crippen LogP contribution in [0.2, 0.25) is 0 Å². The Morgan fingerprint density at radius 2 is 2.11 bits per heavy atom. The first-order chi connectivity index (χ1) is 8.70. The molecule has 0 saturated heterocycles. The van der Waals surface area contributed by atoms with Crippen LogP contribution in [0.15, 0.2) is 36.5 Å². The maximum atomic E-state index is 8.95. The molecule has 1 aromatic carbocycles. The molecule has 0 saturated carbocycles. The molecule has 0 radical (unpaired) electrons. The van der Waals surface area contributed by atoms with Gasteiger partial charge in [0.2, 0.25) is 0 Å². The van der Waals surface area contributed by atoms with Gasteiger partial charge in [-0.3, -0.25) is 0 Å². The number of ether oxygens (including phenoxy) is 1. The van der Waals surface area contributed by atoms with E-state index in [1.54, 1.807) is 6.20 Å². The number of aromatic nitrogens is 1. The number of hydrogen-bond donors (Lipinski definition) is 0. The Labute approximate surface area is 107 Å². The maximum Gasteiger partial charge on any atom is 0.147 e. The second-order valence-electron chi connectivity index (χ2n) is 4.18. The minimum Gasteiger partial charge on any atom is -0.489 e. The van der Waals surface area contributed by atoms with Crippen molar-refractivity contribution in [3.63, 3.8) is 0 Å². The Hall–Kier alpha value is -2.34. The fourth-order valence-electron chi connectivity index (χ4n) is 1.67. The summed E-state index contributed by atoms with van der Waals surface area (Å²) in [6, 6.07) is 11.8. The highest BCUT2D eigenvalue weighted by molar-refractivity contribution is 5.37. The largest absolute Gasteiger partial charge is 0.489 e. The van der Waals surface area contributed by atoms with Crippen molar-refractivity contribution in [2.75, 3.05) is 0 Å². The Morgan fingerprint density at radius 1 is 1.28 bits per heavy atom. The first-order valence-corrected chi connectivity index (χ1v) is 5.75. The summed E-state index contributed by atoms with van der Waals surface area (Å²) in [7, 11) is 0. The molecule has 0 N–H and O–H groups in total. The molecule has 18 heavy (non-hydrogen) atoms. The molecule has 90 valence electrons. The number of hydrogen-bond acceptors (Lipinski definition) is 3. The highest BCUT2D eigenvalue weighted by Crippen LogP contribution is 2.20. The Morgan fingerprint density at radius 3 is 2.89 bits per heavy atom. The van der Waals surface area contributed by atoms with Gasteiger partial charge in [-0.2, -0.15) is 5.26 Å². The fraction of sp³-hybridized carbons (Fsp3) is 0.200. The van der Waals surface area contributed by atoms with Crippen molar-refractivity contribution >= 4 is 0 Å². The van der Waals surface area contributed by atoms with E-state index in [-0.39, 0.29) is 0 Å². The summed E-state index contributed by atoms with van der Waals surface area (Å²) >= 11 is 0. The number of aryl methyl sites for hydroxylation is 2. The van der Waals surface area contributed by atoms with E-state index < -0.39 is 0 Å². The maximum absolute atomic E-state index is 8.95. The number of pyridine rings is 1. The molecule has 0 aliphatic heterocycles. The predicted molar refractivity (Wildman–Crippen MR) is 69.2 cm³/mol. The molecule has 0 spiro atoms. The van der Waals surface area contributed by atoms with E-state index in [0.29, 0.717) is 12.3 Å². The molecule has 0 unspecified atom stereocenters. The van der Waals surface area contributed by atoms with Gasteiger partial charge in [0.15, 0.2) is 0 Å². The van der Waals surface area contributed by atoms with Crippen LogP contribution in [0.3, 0.4) is 0 Å². The predicted octanol–water partition coefficient (Wildman–Crippen LogP) is 3.15. The molecule has 0 fully saturated rings. The van der Waals surface area contributed by atoms with Gasteiger partial charge in [-0.1, -0.05) is 18.2 Å². The van der Waals surface area contributed by atoms with Gasteiger partial charge in [0, 0.05) is 11.8 Å². The highest BCUT2D eigenvalue weighted by atomic mass is 16.5. The van der Waals surface area contributed by atoms with E-state index in [2.05, 4.69) is 11.1 Å². The van der Waals surface area contributed by atoms with Gasteiger partial charge in [0.05, 0.1) is 0 Å². The number of nitrogens with zero attached hydrogens (tertiary/aromatic N) is 2. The Bertz CT molecular complexity index is 600. The zero-order chi connectivity index (χ0) is 13.0. The first kappa shape index (κ1) is 12.1. The van der Waals surface area contributed by atoms with Crippen LogP contribution in [0.1, 0.15) is 22.4 Å². The average Bonchev–Trinajstić information content (AvgIpc) is 2.40. The molecule has 0 aliphatic rings. The molecule has 2 rings (SSSR count). The van der Waals surface area contributed by atoms with Gasteiger partial charge in [-0.15, -0.1) is 0 Å². The minimum absolute atomic E-state index is 0.362. The fourth-order valence-corrected chi connectivity index (χ4v) is 1.67. The number of benzene rings is 1. The van der Waals surface area contributed by atoms with Gasteiger partial charge < -0.3 is 4.74 Å². The van der Waals surface area contributed by atoms with Gasteiger partial charge in [-0.25, -0.2) is 4.98 Å². The molecule has 0 aliphatic carbocycles. The van der Waals surface area contributed by atoms with Crippen LogP contribution < -0.4 is 4.74 Å². The van der Waals surface area contributed by atoms with Crippen molar-refractivity contribution in [1.82, 2.24) is 4.98 Å². The second-order valence-corrected chi connectivity index (χ2v) is 4.18. The zero-order valence-corrected chi connectivity index (χ0v) is 10.5. The monoisotopic (exact) mass is 238 g/mol. The van der Waals surface area contributed by atoms with E-state index in [0.717, 1.165) is 22.4 Å². The van der Waals surface area contributed by atoms with Gasteiger partial charge in [0.1, 0.15) is 24.1 Å². The lowest BCUT2D eigenvalue weighted by atomic mass is 10.1. The van der Waals surface area contributed by atoms with Crippen LogP contribution in [0.25, 0.3) is 0 Å². The summed E-state index contributed by atoms with van der Waals surface area (Å²) in [5.41, 5.74) is 3.47. The third-order valence-electron chi connectivity index (χ3n) is 2.72. The van der Waals surface area contributed by atoms with Crippen molar-refractivity contribution in [3.05, 3.63) is 58.9 Å². The normalized spacial score (nSPS) is 9.83. The van der Waals surface area contributed by atoms with Crippen LogP contribution >= 0.6 is 0 Å². The van der Waals surface area contributed by atoms with Gasteiger partial charge in [0.25, 0.3) is 0 Å². The zero-order valence-electron chi connectivity index (χ0n) is 10.5. The lowest BCUT2D eigenvalue weighted by Gasteiger charge is -2.10. The summed E-state index contributed by atoms with van der Waals surface area (Å²) in [6.45, 7) is 4.39. The van der Waals surface area contributed by atoms with E-state index in [1.807, 2.05) is 44.2 Å². The van der Waals surface area contributed by atoms with Crippen LogP contribution in [-0.2, 0) is 6.61 Å². The van der Waals surface area contributed by atoms with Crippen LogP contribution in [0.5, 0.6) is 5.75 Å². The third kappa shape index (κ3) is 2.67. The lowest BCUT2D eigenvalue weighted by Crippen LogP contribution is -2.01. The second kappa shape index (κ2) is 5.33. The molecule has 1 heterocycles. The minimum atomic E-state index is 0.362. The SMILES string of the molecule is Cc1ccc(C)c(OCc2cccnc2C#N)c1. The standard InChI is InChI=1S/C15H14N2O/c1-11-5-6-12(2)15(8-11)18-10-13-4-3-7-17-14(13)9-16/h3-8H,10H2,1-2H3. The highest BCUT2D eigenvalue weighted by Gasteiger charge is 2.05. The Balaban J connectivity index is 2.17.